The first-order valence-corrected chi connectivity index (χ1v) is 12.6. The molecule has 3 aromatic carbocycles. The molecule has 0 N–H and O–H groups in total. The summed E-state index contributed by atoms with van der Waals surface area (Å²) in [4.78, 5) is 7.27. The Balaban J connectivity index is 1.36. The number of aromatic nitrogens is 4. The minimum Gasteiger partial charge on any atom is -0.312 e. The van der Waals surface area contributed by atoms with Crippen LogP contribution in [0.15, 0.2) is 95.7 Å². The van der Waals surface area contributed by atoms with E-state index in [2.05, 4.69) is 90.2 Å². The number of halogens is 1. The Bertz CT molecular complexity index is 1500. The molecule has 2 heterocycles. The van der Waals surface area contributed by atoms with Crippen molar-refractivity contribution in [1.82, 2.24) is 24.6 Å². The van der Waals surface area contributed by atoms with E-state index >= 15 is 0 Å². The van der Waals surface area contributed by atoms with Crippen LogP contribution >= 0.6 is 15.9 Å². The molecule has 0 spiro atoms. The first kappa shape index (κ1) is 23.9. The van der Waals surface area contributed by atoms with Crippen molar-refractivity contribution >= 4 is 26.8 Å². The summed E-state index contributed by atoms with van der Waals surface area (Å²) >= 11 is 3.52. The molecule has 0 saturated carbocycles. The third-order valence-corrected chi connectivity index (χ3v) is 6.67. The minimum absolute atomic E-state index is 0.618. The second-order valence-electron chi connectivity index (χ2n) is 8.77. The number of nitrogens with zero attached hydrogens (tertiary/aromatic N) is 6. The summed E-state index contributed by atoms with van der Waals surface area (Å²) in [5.41, 5.74) is 5.01. The predicted octanol–water partition coefficient (Wildman–Crippen LogP) is 5.75. The maximum absolute atomic E-state index is 9.24. The lowest BCUT2D eigenvalue weighted by Crippen LogP contribution is -2.27. The third kappa shape index (κ3) is 6.03. The SMILES string of the molecule is N#Cc1cccc(Cn2cnnc2CN(CCc2ccc(Br)cc2)Cc2ccc3ccccc3n2)c1. The van der Waals surface area contributed by atoms with Gasteiger partial charge in [0, 0.05) is 22.9 Å². The zero-order chi connectivity index (χ0) is 24.7. The van der Waals surface area contributed by atoms with Crippen LogP contribution in [0.25, 0.3) is 10.9 Å². The Labute approximate surface area is 219 Å². The second kappa shape index (κ2) is 11.3. The summed E-state index contributed by atoms with van der Waals surface area (Å²) in [6, 6.07) is 30.8. The van der Waals surface area contributed by atoms with Gasteiger partial charge in [-0.2, -0.15) is 5.26 Å². The molecule has 36 heavy (non-hydrogen) atoms. The van der Waals surface area contributed by atoms with Gasteiger partial charge < -0.3 is 4.57 Å². The zero-order valence-electron chi connectivity index (χ0n) is 19.8. The van der Waals surface area contributed by atoms with Crippen molar-refractivity contribution in [2.24, 2.45) is 0 Å². The van der Waals surface area contributed by atoms with Crippen LogP contribution in [-0.2, 0) is 26.1 Å². The van der Waals surface area contributed by atoms with Crippen LogP contribution in [0.3, 0.4) is 0 Å². The Hall–Kier alpha value is -3.86. The molecule has 0 amide bonds. The number of fused-ring (bicyclic) bond motifs is 1. The molecule has 0 aliphatic heterocycles. The molecule has 5 aromatic rings. The number of nitriles is 1. The average molecular weight is 537 g/mol. The summed E-state index contributed by atoms with van der Waals surface area (Å²) in [5, 5.41) is 19.0. The van der Waals surface area contributed by atoms with E-state index in [1.54, 1.807) is 6.33 Å². The lowest BCUT2D eigenvalue weighted by atomic mass is 10.1. The third-order valence-electron chi connectivity index (χ3n) is 6.14. The molecular formula is C29H25BrN6. The van der Waals surface area contributed by atoms with Crippen LogP contribution in [0.1, 0.15) is 28.2 Å². The van der Waals surface area contributed by atoms with E-state index in [0.717, 1.165) is 45.4 Å². The first-order valence-electron chi connectivity index (χ1n) is 11.8. The average Bonchev–Trinajstić information content (AvgIpc) is 3.34. The van der Waals surface area contributed by atoms with Crippen LogP contribution in [0.2, 0.25) is 0 Å². The monoisotopic (exact) mass is 536 g/mol. The van der Waals surface area contributed by atoms with Crippen molar-refractivity contribution < 1.29 is 0 Å². The predicted molar refractivity (Wildman–Crippen MR) is 144 cm³/mol. The largest absolute Gasteiger partial charge is 0.312 e. The molecule has 0 aliphatic carbocycles. The molecule has 0 atom stereocenters. The maximum atomic E-state index is 9.24. The fourth-order valence-corrected chi connectivity index (χ4v) is 4.51. The van der Waals surface area contributed by atoms with Gasteiger partial charge >= 0.3 is 0 Å². The normalized spacial score (nSPS) is 11.1. The molecule has 0 radical (unpaired) electrons. The summed E-state index contributed by atoms with van der Waals surface area (Å²) in [5.74, 6) is 0.883. The molecule has 0 bridgehead atoms. The first-order chi connectivity index (χ1) is 17.7. The van der Waals surface area contributed by atoms with Crippen molar-refractivity contribution in [1.29, 1.82) is 5.26 Å². The van der Waals surface area contributed by atoms with Crippen LogP contribution in [0.5, 0.6) is 0 Å². The quantitative estimate of drug-likeness (QED) is 0.239. The number of hydrogen-bond acceptors (Lipinski definition) is 5. The van der Waals surface area contributed by atoms with Gasteiger partial charge in [-0.15, -0.1) is 10.2 Å². The van der Waals surface area contributed by atoms with Gasteiger partial charge in [-0.1, -0.05) is 64.5 Å². The molecule has 0 saturated heterocycles. The highest BCUT2D eigenvalue weighted by atomic mass is 79.9. The van der Waals surface area contributed by atoms with E-state index in [-0.39, 0.29) is 0 Å². The zero-order valence-corrected chi connectivity index (χ0v) is 21.3. The topological polar surface area (TPSA) is 70.6 Å². The number of hydrogen-bond donors (Lipinski definition) is 0. The van der Waals surface area contributed by atoms with Gasteiger partial charge in [0.1, 0.15) is 12.2 Å². The van der Waals surface area contributed by atoms with Crippen molar-refractivity contribution in [3.8, 4) is 6.07 Å². The summed E-state index contributed by atoms with van der Waals surface area (Å²) in [6.07, 6.45) is 2.68. The number of para-hydroxylation sites is 1. The molecule has 0 fully saturated rings. The standard InChI is InChI=1S/C29H25BrN6/c30-26-11-8-22(9-12-26)14-15-35(19-27-13-10-25-6-1-2-7-28(25)33-27)20-29-34-32-21-36(29)18-24-5-3-4-23(16-24)17-31/h1-13,16,21H,14-15,18-20H2. The van der Waals surface area contributed by atoms with Gasteiger partial charge in [0.25, 0.3) is 0 Å². The molecule has 0 unspecified atom stereocenters. The Morgan fingerprint density at radius 3 is 2.61 bits per heavy atom. The van der Waals surface area contributed by atoms with E-state index in [1.807, 2.05) is 36.4 Å². The van der Waals surface area contributed by atoms with Crippen molar-refractivity contribution in [3.05, 3.63) is 124 Å². The van der Waals surface area contributed by atoms with Crippen LogP contribution in [-0.4, -0.2) is 31.2 Å². The molecular weight excluding hydrogens is 512 g/mol. The van der Waals surface area contributed by atoms with Gasteiger partial charge in [0.15, 0.2) is 0 Å². The summed E-state index contributed by atoms with van der Waals surface area (Å²) in [6.45, 7) is 2.82. The highest BCUT2D eigenvalue weighted by molar-refractivity contribution is 9.10. The highest BCUT2D eigenvalue weighted by Gasteiger charge is 2.14. The van der Waals surface area contributed by atoms with E-state index in [0.29, 0.717) is 25.2 Å². The lowest BCUT2D eigenvalue weighted by Gasteiger charge is -2.22. The summed E-state index contributed by atoms with van der Waals surface area (Å²) in [7, 11) is 0. The van der Waals surface area contributed by atoms with E-state index in [9.17, 15) is 5.26 Å². The number of rotatable bonds is 9. The molecule has 6 nitrogen and oxygen atoms in total. The van der Waals surface area contributed by atoms with Gasteiger partial charge in [-0.25, -0.2) is 0 Å². The number of benzene rings is 3. The van der Waals surface area contributed by atoms with Crippen molar-refractivity contribution in [2.75, 3.05) is 6.54 Å². The highest BCUT2D eigenvalue weighted by Crippen LogP contribution is 2.17. The fourth-order valence-electron chi connectivity index (χ4n) is 4.25. The van der Waals surface area contributed by atoms with Crippen LogP contribution in [0, 0.1) is 11.3 Å². The smallest absolute Gasteiger partial charge is 0.147 e. The molecule has 7 heteroatoms. The van der Waals surface area contributed by atoms with Gasteiger partial charge in [-0.3, -0.25) is 9.88 Å². The molecule has 0 aliphatic rings. The lowest BCUT2D eigenvalue weighted by molar-refractivity contribution is 0.247. The Morgan fingerprint density at radius 2 is 1.75 bits per heavy atom. The number of pyridine rings is 1. The maximum Gasteiger partial charge on any atom is 0.147 e. The van der Waals surface area contributed by atoms with E-state index in [1.165, 1.54) is 5.56 Å². The summed E-state index contributed by atoms with van der Waals surface area (Å²) < 4.78 is 3.13. The fraction of sp³-hybridized carbons (Fsp3) is 0.172. The molecule has 5 rings (SSSR count). The van der Waals surface area contributed by atoms with E-state index < -0.39 is 0 Å². The molecule has 178 valence electrons. The van der Waals surface area contributed by atoms with Gasteiger partial charge in [-0.05, 0) is 53.9 Å². The second-order valence-corrected chi connectivity index (χ2v) is 9.69. The van der Waals surface area contributed by atoms with Crippen molar-refractivity contribution in [3.63, 3.8) is 0 Å². The van der Waals surface area contributed by atoms with Gasteiger partial charge in [0.05, 0.1) is 35.9 Å². The van der Waals surface area contributed by atoms with Gasteiger partial charge in [0.2, 0.25) is 0 Å². The molecule has 2 aromatic heterocycles. The van der Waals surface area contributed by atoms with Crippen LogP contribution in [0.4, 0.5) is 0 Å². The van der Waals surface area contributed by atoms with Crippen LogP contribution < -0.4 is 0 Å². The van der Waals surface area contributed by atoms with Crippen molar-refractivity contribution in [2.45, 2.75) is 26.1 Å². The Morgan fingerprint density at radius 1 is 0.889 bits per heavy atom. The van der Waals surface area contributed by atoms with E-state index in [4.69, 9.17) is 4.98 Å². The Kier molecular flexibility index (Phi) is 7.46. The minimum atomic E-state index is 0.618.